The van der Waals surface area contributed by atoms with Gasteiger partial charge in [-0.15, -0.1) is 11.8 Å². The van der Waals surface area contributed by atoms with Crippen molar-refractivity contribution >= 4 is 23.4 Å². The lowest BCUT2D eigenvalue weighted by atomic mass is 10.2. The third-order valence-electron chi connectivity index (χ3n) is 2.66. The third-order valence-corrected chi connectivity index (χ3v) is 4.04. The van der Waals surface area contributed by atoms with Crippen LogP contribution >= 0.6 is 23.4 Å². The number of aliphatic hydroxyl groups excluding tert-OH is 1. The molecule has 2 aromatic carbocycles. The van der Waals surface area contributed by atoms with Crippen LogP contribution in [-0.2, 0) is 0 Å². The molecule has 21 heavy (non-hydrogen) atoms. The van der Waals surface area contributed by atoms with E-state index in [0.29, 0.717) is 22.1 Å². The maximum atomic E-state index is 9.91. The molecule has 1 unspecified atom stereocenters. The molecule has 0 heterocycles. The lowest BCUT2D eigenvalue weighted by Gasteiger charge is -2.12. The van der Waals surface area contributed by atoms with Crippen LogP contribution in [-0.4, -0.2) is 23.6 Å². The minimum atomic E-state index is -0.579. The van der Waals surface area contributed by atoms with E-state index in [1.165, 1.54) is 11.8 Å². The molecule has 0 bridgehead atoms. The summed E-state index contributed by atoms with van der Waals surface area (Å²) in [6.45, 7) is 0.208. The summed E-state index contributed by atoms with van der Waals surface area (Å²) >= 11 is 7.43. The van der Waals surface area contributed by atoms with Gasteiger partial charge in [-0.3, -0.25) is 0 Å². The van der Waals surface area contributed by atoms with E-state index in [9.17, 15) is 5.11 Å². The molecule has 5 heteroatoms. The van der Waals surface area contributed by atoms with E-state index in [-0.39, 0.29) is 6.61 Å². The van der Waals surface area contributed by atoms with Crippen molar-refractivity contribution < 1.29 is 9.84 Å². The normalized spacial score (nSPS) is 11.7. The van der Waals surface area contributed by atoms with Gasteiger partial charge in [0.25, 0.3) is 0 Å². The monoisotopic (exact) mass is 319 g/mol. The number of aliphatic hydroxyl groups is 1. The Morgan fingerprint density at radius 2 is 2.00 bits per heavy atom. The molecule has 2 rings (SSSR count). The van der Waals surface area contributed by atoms with Crippen LogP contribution in [0, 0.1) is 11.3 Å². The van der Waals surface area contributed by atoms with Crippen LogP contribution < -0.4 is 4.74 Å². The van der Waals surface area contributed by atoms with Crippen molar-refractivity contribution in [1.82, 2.24) is 0 Å². The molecular weight excluding hydrogens is 306 g/mol. The smallest absolute Gasteiger partial charge is 0.119 e. The lowest BCUT2D eigenvalue weighted by molar-refractivity contribution is 0.126. The molecule has 0 radical (unpaired) electrons. The van der Waals surface area contributed by atoms with Crippen LogP contribution in [0.25, 0.3) is 0 Å². The quantitative estimate of drug-likeness (QED) is 0.824. The zero-order valence-electron chi connectivity index (χ0n) is 11.2. The number of hydrogen-bond donors (Lipinski definition) is 1. The summed E-state index contributed by atoms with van der Waals surface area (Å²) in [5.41, 5.74) is 0.583. The van der Waals surface area contributed by atoms with E-state index in [1.54, 1.807) is 24.3 Å². The second-order valence-corrected chi connectivity index (χ2v) is 5.90. The molecule has 0 aliphatic rings. The van der Waals surface area contributed by atoms with Crippen molar-refractivity contribution in [2.45, 2.75) is 11.0 Å². The predicted molar refractivity (Wildman–Crippen MR) is 84.8 cm³/mol. The number of ether oxygens (including phenoxy) is 1. The number of nitriles is 1. The Morgan fingerprint density at radius 1 is 1.24 bits per heavy atom. The first-order chi connectivity index (χ1) is 10.2. The van der Waals surface area contributed by atoms with Crippen LogP contribution in [0.15, 0.2) is 53.4 Å². The molecule has 0 fully saturated rings. The zero-order valence-corrected chi connectivity index (χ0v) is 12.8. The van der Waals surface area contributed by atoms with E-state index < -0.39 is 6.10 Å². The molecule has 2 aromatic rings. The molecule has 108 valence electrons. The second-order valence-electron chi connectivity index (χ2n) is 4.37. The molecular formula is C16H14ClNO2S. The van der Waals surface area contributed by atoms with E-state index in [2.05, 4.69) is 0 Å². The van der Waals surface area contributed by atoms with Crippen LogP contribution in [0.3, 0.4) is 0 Å². The van der Waals surface area contributed by atoms with Gasteiger partial charge in [-0.25, -0.2) is 0 Å². The molecule has 1 atom stereocenters. The minimum Gasteiger partial charge on any atom is -0.491 e. The Bertz CT molecular complexity index is 625. The van der Waals surface area contributed by atoms with Gasteiger partial charge >= 0.3 is 0 Å². The minimum absolute atomic E-state index is 0.208. The fraction of sp³-hybridized carbons (Fsp3) is 0.188. The van der Waals surface area contributed by atoms with Crippen molar-refractivity contribution in [3.8, 4) is 11.8 Å². The van der Waals surface area contributed by atoms with E-state index in [1.807, 2.05) is 30.3 Å². The van der Waals surface area contributed by atoms with Gasteiger partial charge in [0.15, 0.2) is 0 Å². The first-order valence-electron chi connectivity index (χ1n) is 6.37. The summed E-state index contributed by atoms with van der Waals surface area (Å²) in [5.74, 6) is 1.16. The maximum absolute atomic E-state index is 9.91. The third kappa shape index (κ3) is 5.31. The van der Waals surface area contributed by atoms with Gasteiger partial charge in [0.05, 0.1) is 17.7 Å². The zero-order chi connectivity index (χ0) is 15.1. The summed E-state index contributed by atoms with van der Waals surface area (Å²) in [6, 6.07) is 16.3. The van der Waals surface area contributed by atoms with Gasteiger partial charge in [0.1, 0.15) is 12.4 Å². The summed E-state index contributed by atoms with van der Waals surface area (Å²) in [7, 11) is 0. The van der Waals surface area contributed by atoms with Crippen molar-refractivity contribution in [3.05, 3.63) is 59.1 Å². The molecule has 3 nitrogen and oxygen atoms in total. The van der Waals surface area contributed by atoms with Crippen LogP contribution in [0.5, 0.6) is 5.75 Å². The van der Waals surface area contributed by atoms with E-state index in [0.717, 1.165) is 4.90 Å². The molecule has 0 amide bonds. The average molecular weight is 320 g/mol. The summed E-state index contributed by atoms with van der Waals surface area (Å²) in [4.78, 5) is 1.01. The summed E-state index contributed by atoms with van der Waals surface area (Å²) in [5, 5.41) is 19.3. The molecule has 0 aliphatic carbocycles. The largest absolute Gasteiger partial charge is 0.491 e. The van der Waals surface area contributed by atoms with Gasteiger partial charge in [0, 0.05) is 15.7 Å². The first-order valence-corrected chi connectivity index (χ1v) is 7.73. The van der Waals surface area contributed by atoms with Crippen molar-refractivity contribution in [3.63, 3.8) is 0 Å². The number of benzene rings is 2. The number of halogens is 1. The first kappa shape index (κ1) is 15.7. The summed E-state index contributed by atoms with van der Waals surface area (Å²) in [6.07, 6.45) is -0.579. The van der Waals surface area contributed by atoms with Gasteiger partial charge in [-0.05, 0) is 42.5 Å². The molecule has 0 aliphatic heterocycles. The molecule has 0 aromatic heterocycles. The fourth-order valence-electron chi connectivity index (χ4n) is 1.62. The van der Waals surface area contributed by atoms with E-state index >= 15 is 0 Å². The number of rotatable bonds is 6. The van der Waals surface area contributed by atoms with Crippen LogP contribution in [0.1, 0.15) is 5.56 Å². The highest BCUT2D eigenvalue weighted by Crippen LogP contribution is 2.22. The van der Waals surface area contributed by atoms with Crippen molar-refractivity contribution in [2.24, 2.45) is 0 Å². The predicted octanol–water partition coefficient (Wildman–Crippen LogP) is 3.74. The van der Waals surface area contributed by atoms with Gasteiger partial charge in [-0.2, -0.15) is 5.26 Å². The maximum Gasteiger partial charge on any atom is 0.119 e. The number of thioether (sulfide) groups is 1. The van der Waals surface area contributed by atoms with Crippen LogP contribution in [0.4, 0.5) is 0 Å². The standard InChI is InChI=1S/C16H14ClNO2S/c17-13-2-1-3-16(8-13)21-11-14(19)10-20-15-6-4-12(9-18)5-7-15/h1-8,14,19H,10-11H2. The highest BCUT2D eigenvalue weighted by atomic mass is 35.5. The lowest BCUT2D eigenvalue weighted by Crippen LogP contribution is -2.20. The Kier molecular flexibility index (Phi) is 5.94. The Hall–Kier alpha value is -1.67. The molecule has 0 saturated heterocycles. The summed E-state index contributed by atoms with van der Waals surface area (Å²) < 4.78 is 5.48. The Morgan fingerprint density at radius 3 is 2.67 bits per heavy atom. The molecule has 0 spiro atoms. The van der Waals surface area contributed by atoms with Crippen molar-refractivity contribution in [1.29, 1.82) is 5.26 Å². The van der Waals surface area contributed by atoms with Crippen LogP contribution in [0.2, 0.25) is 5.02 Å². The highest BCUT2D eigenvalue weighted by molar-refractivity contribution is 7.99. The van der Waals surface area contributed by atoms with E-state index in [4.69, 9.17) is 21.6 Å². The van der Waals surface area contributed by atoms with Crippen molar-refractivity contribution in [2.75, 3.05) is 12.4 Å². The highest BCUT2D eigenvalue weighted by Gasteiger charge is 2.07. The SMILES string of the molecule is N#Cc1ccc(OCC(O)CSc2cccc(Cl)c2)cc1. The number of hydrogen-bond acceptors (Lipinski definition) is 4. The van der Waals surface area contributed by atoms with Gasteiger partial charge in [-0.1, -0.05) is 17.7 Å². The fourth-order valence-corrected chi connectivity index (χ4v) is 2.74. The Labute approximate surface area is 133 Å². The van der Waals surface area contributed by atoms with Gasteiger partial charge < -0.3 is 9.84 Å². The number of nitrogens with zero attached hydrogens (tertiary/aromatic N) is 1. The van der Waals surface area contributed by atoms with Gasteiger partial charge in [0.2, 0.25) is 0 Å². The second kappa shape index (κ2) is 7.94. The molecule has 1 N–H and O–H groups in total. The topological polar surface area (TPSA) is 53.2 Å². The molecule has 0 saturated carbocycles. The Balaban J connectivity index is 1.76. The average Bonchev–Trinajstić information content (AvgIpc) is 2.51.